The van der Waals surface area contributed by atoms with Gasteiger partial charge in [0.25, 0.3) is 0 Å². The smallest absolute Gasteiger partial charge is 0.416 e. The fraction of sp³-hybridized carbons (Fsp3) is 0.375. The number of phenolic OH excluding ortho intramolecular Hbond substituents is 1. The van der Waals surface area contributed by atoms with Crippen molar-refractivity contribution >= 4 is 11.5 Å². The molecule has 1 heterocycles. The molecule has 0 amide bonds. The zero-order valence-electron chi connectivity index (χ0n) is 14.0. The van der Waals surface area contributed by atoms with Crippen molar-refractivity contribution in [1.29, 1.82) is 0 Å². The highest BCUT2D eigenvalue weighted by atomic mass is 19.4. The van der Waals surface area contributed by atoms with Crippen molar-refractivity contribution in [2.45, 2.75) is 19.2 Å². The lowest BCUT2D eigenvalue weighted by molar-refractivity contribution is -0.137. The second-order valence-corrected chi connectivity index (χ2v) is 5.82. The van der Waals surface area contributed by atoms with E-state index in [1.54, 1.807) is 32.0 Å². The first kappa shape index (κ1) is 18.8. The summed E-state index contributed by atoms with van der Waals surface area (Å²) in [6.45, 7) is 1.88. The minimum absolute atomic E-state index is 0.144. The summed E-state index contributed by atoms with van der Waals surface area (Å²) < 4.78 is 38.1. The fourth-order valence-electron chi connectivity index (χ4n) is 2.15. The molecule has 0 unspecified atom stereocenters. The second kappa shape index (κ2) is 7.14. The first-order chi connectivity index (χ1) is 11.6. The molecule has 0 radical (unpaired) electrons. The van der Waals surface area contributed by atoms with E-state index in [0.29, 0.717) is 17.6 Å². The summed E-state index contributed by atoms with van der Waals surface area (Å²) in [5.74, 6) is -0.112. The molecular weight excluding hydrogens is 337 g/mol. The summed E-state index contributed by atoms with van der Waals surface area (Å²) in [5.41, 5.74) is 0.0536. The van der Waals surface area contributed by atoms with Gasteiger partial charge in [-0.25, -0.2) is 0 Å². The van der Waals surface area contributed by atoms with Crippen molar-refractivity contribution in [2.24, 2.45) is 0 Å². The molecule has 0 aliphatic carbocycles. The molecular formula is C16H19F3N4O2. The highest BCUT2D eigenvalue weighted by Crippen LogP contribution is 2.37. The molecule has 0 spiro atoms. The van der Waals surface area contributed by atoms with E-state index in [0.717, 1.165) is 12.1 Å². The maximum absolute atomic E-state index is 12.7. The fourth-order valence-corrected chi connectivity index (χ4v) is 2.15. The van der Waals surface area contributed by atoms with E-state index in [-0.39, 0.29) is 17.8 Å². The zero-order chi connectivity index (χ0) is 18.8. The van der Waals surface area contributed by atoms with Gasteiger partial charge in [-0.3, -0.25) is 0 Å². The van der Waals surface area contributed by atoms with Crippen molar-refractivity contribution in [2.75, 3.05) is 30.9 Å². The molecule has 25 heavy (non-hydrogen) atoms. The second-order valence-electron chi connectivity index (χ2n) is 5.82. The highest BCUT2D eigenvalue weighted by molar-refractivity contribution is 5.75. The molecule has 2 rings (SSSR count). The van der Waals surface area contributed by atoms with Crippen molar-refractivity contribution in [1.82, 2.24) is 10.2 Å². The van der Waals surface area contributed by atoms with Gasteiger partial charge in [0.05, 0.1) is 23.0 Å². The average Bonchev–Trinajstić information content (AvgIpc) is 2.51. The van der Waals surface area contributed by atoms with Gasteiger partial charge in [0.1, 0.15) is 5.75 Å². The van der Waals surface area contributed by atoms with Gasteiger partial charge in [0.2, 0.25) is 0 Å². The molecule has 1 aromatic carbocycles. The molecule has 3 N–H and O–H groups in total. The number of halogens is 3. The van der Waals surface area contributed by atoms with Gasteiger partial charge in [-0.1, -0.05) is 0 Å². The number of phenols is 1. The predicted octanol–water partition coefficient (Wildman–Crippen LogP) is 2.73. The third-order valence-corrected chi connectivity index (χ3v) is 3.42. The first-order valence-corrected chi connectivity index (χ1v) is 7.47. The Bertz CT molecular complexity index is 749. The molecule has 2 aromatic rings. The Labute approximate surface area is 142 Å². The lowest BCUT2D eigenvalue weighted by Gasteiger charge is -2.19. The summed E-state index contributed by atoms with van der Waals surface area (Å²) >= 11 is 0. The maximum Gasteiger partial charge on any atom is 0.416 e. The van der Waals surface area contributed by atoms with Crippen LogP contribution in [0.1, 0.15) is 12.5 Å². The normalized spacial score (nSPS) is 12.8. The van der Waals surface area contributed by atoms with E-state index >= 15 is 0 Å². The zero-order valence-corrected chi connectivity index (χ0v) is 14.0. The molecule has 0 saturated heterocycles. The topological polar surface area (TPSA) is 81.5 Å². The molecule has 1 aromatic heterocycles. The van der Waals surface area contributed by atoms with Crippen LogP contribution >= 0.6 is 0 Å². The third kappa shape index (κ3) is 4.50. The first-order valence-electron chi connectivity index (χ1n) is 7.47. The van der Waals surface area contributed by atoms with E-state index in [4.69, 9.17) is 0 Å². The Hall–Kier alpha value is -2.55. The Morgan fingerprint density at radius 1 is 1.20 bits per heavy atom. The standard InChI is InChI=1S/C16H19F3N4O2/c1-9(24)8-20-15-13(23(2)3)7-12(21-22-15)11-5-4-10(6-14(11)25)16(17,18)19/h4-7,9,24-25H,8H2,1-3H3,(H,20,22)/t9-/m1/s1. The van der Waals surface area contributed by atoms with Crippen LogP contribution in [0.5, 0.6) is 5.75 Å². The Morgan fingerprint density at radius 2 is 1.88 bits per heavy atom. The third-order valence-electron chi connectivity index (χ3n) is 3.42. The number of rotatable bonds is 5. The van der Waals surface area contributed by atoms with E-state index in [1.165, 1.54) is 0 Å². The van der Waals surface area contributed by atoms with Crippen LogP contribution in [0.25, 0.3) is 11.3 Å². The Morgan fingerprint density at radius 3 is 2.40 bits per heavy atom. The molecule has 9 heteroatoms. The summed E-state index contributed by atoms with van der Waals surface area (Å²) in [4.78, 5) is 1.74. The summed E-state index contributed by atoms with van der Waals surface area (Å²) in [6, 6.07) is 4.29. The van der Waals surface area contributed by atoms with Crippen molar-refractivity contribution < 1.29 is 23.4 Å². The van der Waals surface area contributed by atoms with E-state index in [9.17, 15) is 23.4 Å². The van der Waals surface area contributed by atoms with Gasteiger partial charge in [-0.15, -0.1) is 10.2 Å². The predicted molar refractivity (Wildman–Crippen MR) is 88.6 cm³/mol. The summed E-state index contributed by atoms with van der Waals surface area (Å²) in [5, 5.41) is 30.2. The van der Waals surface area contributed by atoms with Crippen LogP contribution in [-0.4, -0.2) is 47.2 Å². The number of alkyl halides is 3. The number of aliphatic hydroxyl groups is 1. The molecule has 0 aliphatic rings. The largest absolute Gasteiger partial charge is 0.507 e. The van der Waals surface area contributed by atoms with Crippen LogP contribution in [0.15, 0.2) is 24.3 Å². The molecule has 0 bridgehead atoms. The molecule has 0 fully saturated rings. The van der Waals surface area contributed by atoms with Gasteiger partial charge in [-0.05, 0) is 31.2 Å². The van der Waals surface area contributed by atoms with Gasteiger partial charge >= 0.3 is 6.18 Å². The number of hydrogen-bond acceptors (Lipinski definition) is 6. The molecule has 0 aliphatic heterocycles. The molecule has 6 nitrogen and oxygen atoms in total. The number of aromatic nitrogens is 2. The average molecular weight is 356 g/mol. The van der Waals surface area contributed by atoms with Crippen LogP contribution in [0.2, 0.25) is 0 Å². The number of aromatic hydroxyl groups is 1. The quantitative estimate of drug-likeness (QED) is 0.764. The van der Waals surface area contributed by atoms with Gasteiger partial charge in [0, 0.05) is 26.2 Å². The Kier molecular flexibility index (Phi) is 5.36. The lowest BCUT2D eigenvalue weighted by atomic mass is 10.1. The van der Waals surface area contributed by atoms with E-state index < -0.39 is 23.6 Å². The Balaban J connectivity index is 2.41. The molecule has 0 saturated carbocycles. The van der Waals surface area contributed by atoms with E-state index in [1.807, 2.05) is 0 Å². The van der Waals surface area contributed by atoms with Crippen molar-refractivity contribution in [3.8, 4) is 17.0 Å². The monoisotopic (exact) mass is 356 g/mol. The van der Waals surface area contributed by atoms with Crippen LogP contribution < -0.4 is 10.2 Å². The van der Waals surface area contributed by atoms with Crippen LogP contribution in [0.3, 0.4) is 0 Å². The summed E-state index contributed by atoms with van der Waals surface area (Å²) in [6.07, 6.45) is -5.12. The van der Waals surface area contributed by atoms with Gasteiger partial charge < -0.3 is 20.4 Å². The minimum atomic E-state index is -4.54. The molecule has 136 valence electrons. The SMILES string of the molecule is C[C@@H](O)CNc1nnc(-c2ccc(C(F)(F)F)cc2O)cc1N(C)C. The van der Waals surface area contributed by atoms with Crippen LogP contribution in [0.4, 0.5) is 24.7 Å². The number of benzene rings is 1. The molecule has 1 atom stereocenters. The number of nitrogens with zero attached hydrogens (tertiary/aromatic N) is 3. The number of anilines is 2. The number of nitrogens with one attached hydrogen (secondary N) is 1. The number of aliphatic hydroxyl groups excluding tert-OH is 1. The minimum Gasteiger partial charge on any atom is -0.507 e. The highest BCUT2D eigenvalue weighted by Gasteiger charge is 2.31. The lowest BCUT2D eigenvalue weighted by Crippen LogP contribution is -2.19. The van der Waals surface area contributed by atoms with E-state index in [2.05, 4.69) is 15.5 Å². The van der Waals surface area contributed by atoms with Crippen molar-refractivity contribution in [3.05, 3.63) is 29.8 Å². The van der Waals surface area contributed by atoms with Gasteiger partial charge in [-0.2, -0.15) is 13.2 Å². The van der Waals surface area contributed by atoms with Crippen LogP contribution in [-0.2, 0) is 6.18 Å². The van der Waals surface area contributed by atoms with Crippen molar-refractivity contribution in [3.63, 3.8) is 0 Å². The van der Waals surface area contributed by atoms with Crippen LogP contribution in [0, 0.1) is 0 Å². The maximum atomic E-state index is 12.7. The number of hydrogen-bond donors (Lipinski definition) is 3. The van der Waals surface area contributed by atoms with Gasteiger partial charge in [0.15, 0.2) is 5.82 Å². The summed E-state index contributed by atoms with van der Waals surface area (Å²) in [7, 11) is 3.53.